The maximum Gasteiger partial charge on any atom is 0.310 e. The highest BCUT2D eigenvalue weighted by Crippen LogP contribution is 2.24. The highest BCUT2D eigenvalue weighted by atomic mass is 16.4. The monoisotopic (exact) mass is 351 g/mol. The first-order valence-electron chi connectivity index (χ1n) is 9.09. The van der Waals surface area contributed by atoms with Gasteiger partial charge in [0.2, 0.25) is 0 Å². The number of carboxylic acid groups (broad SMARTS) is 1. The Morgan fingerprint density at radius 1 is 1.04 bits per heavy atom. The number of aliphatic hydroxyl groups is 1. The molecule has 0 aliphatic carbocycles. The smallest absolute Gasteiger partial charge is 0.310 e. The topological polar surface area (TPSA) is 60.8 Å². The van der Waals surface area contributed by atoms with E-state index in [1.54, 1.807) is 0 Å². The molecular weight excluding hydrogens is 326 g/mol. The first-order valence-corrected chi connectivity index (χ1v) is 9.09. The number of likely N-dealkylation sites (tertiary alicyclic amines) is 1. The molecule has 0 saturated carbocycles. The summed E-state index contributed by atoms with van der Waals surface area (Å²) in [6.45, 7) is 1.95. The van der Waals surface area contributed by atoms with Gasteiger partial charge in [-0.15, -0.1) is 0 Å². The summed E-state index contributed by atoms with van der Waals surface area (Å²) in [6.07, 6.45) is 2.85. The van der Waals surface area contributed by atoms with Crippen molar-refractivity contribution in [2.24, 2.45) is 5.92 Å². The summed E-state index contributed by atoms with van der Waals surface area (Å²) >= 11 is 0. The number of nitrogens with zero attached hydrogens (tertiary/aromatic N) is 1. The van der Waals surface area contributed by atoms with Crippen LogP contribution in [0.2, 0.25) is 0 Å². The van der Waals surface area contributed by atoms with Crippen LogP contribution in [0, 0.1) is 5.92 Å². The van der Waals surface area contributed by atoms with Crippen molar-refractivity contribution in [2.45, 2.75) is 18.9 Å². The summed E-state index contributed by atoms with van der Waals surface area (Å²) in [6, 6.07) is 20.6. The van der Waals surface area contributed by atoms with E-state index in [2.05, 4.69) is 35.2 Å². The molecule has 0 spiro atoms. The minimum atomic E-state index is -0.910. The summed E-state index contributed by atoms with van der Waals surface area (Å²) in [5.74, 6) is -1.59. The maximum absolute atomic E-state index is 11.3. The van der Waals surface area contributed by atoms with Gasteiger partial charge in [-0.25, -0.2) is 0 Å². The molecule has 1 aliphatic heterocycles. The molecule has 0 amide bonds. The van der Waals surface area contributed by atoms with Gasteiger partial charge in [0.25, 0.3) is 0 Å². The fourth-order valence-corrected chi connectivity index (χ4v) is 3.48. The van der Waals surface area contributed by atoms with Crippen molar-refractivity contribution in [3.05, 3.63) is 77.9 Å². The zero-order chi connectivity index (χ0) is 18.4. The third-order valence-electron chi connectivity index (χ3n) is 4.94. The van der Waals surface area contributed by atoms with E-state index in [4.69, 9.17) is 0 Å². The maximum atomic E-state index is 11.3. The molecule has 1 fully saturated rings. The molecular formula is C22H25NO3. The molecule has 2 N–H and O–H groups in total. The van der Waals surface area contributed by atoms with Crippen LogP contribution in [0.1, 0.15) is 24.0 Å². The van der Waals surface area contributed by atoms with E-state index in [9.17, 15) is 15.0 Å². The fourth-order valence-electron chi connectivity index (χ4n) is 3.48. The molecule has 2 aromatic rings. The number of carbonyl (C=O) groups is 1. The van der Waals surface area contributed by atoms with Gasteiger partial charge in [0.1, 0.15) is 0 Å². The Morgan fingerprint density at radius 2 is 1.62 bits per heavy atom. The van der Waals surface area contributed by atoms with Crippen molar-refractivity contribution in [1.29, 1.82) is 0 Å². The number of aliphatic carboxylic acids is 1. The number of benzene rings is 2. The summed E-state index contributed by atoms with van der Waals surface area (Å²) in [5, 5.41) is 19.1. The van der Waals surface area contributed by atoms with Crippen molar-refractivity contribution in [2.75, 3.05) is 19.6 Å². The molecule has 0 bridgehead atoms. The summed E-state index contributed by atoms with van der Waals surface area (Å²) in [5.41, 5.74) is 3.55. The lowest BCUT2D eigenvalue weighted by Gasteiger charge is -2.33. The molecule has 1 heterocycles. The Bertz CT molecular complexity index is 701. The van der Waals surface area contributed by atoms with Gasteiger partial charge in [-0.1, -0.05) is 66.7 Å². The van der Waals surface area contributed by atoms with Crippen LogP contribution in [0.4, 0.5) is 0 Å². The number of carboxylic acids is 1. The largest absolute Gasteiger partial charge is 0.481 e. The first-order chi connectivity index (χ1) is 12.6. The minimum Gasteiger partial charge on any atom is -0.481 e. The summed E-state index contributed by atoms with van der Waals surface area (Å²) in [7, 11) is 0. The van der Waals surface area contributed by atoms with Gasteiger partial charge >= 0.3 is 5.97 Å². The highest BCUT2D eigenvalue weighted by molar-refractivity contribution is 5.79. The van der Waals surface area contributed by atoms with Crippen LogP contribution in [0.25, 0.3) is 5.57 Å². The molecule has 136 valence electrons. The van der Waals surface area contributed by atoms with Gasteiger partial charge in [-0.2, -0.15) is 0 Å². The van der Waals surface area contributed by atoms with Crippen LogP contribution in [-0.2, 0) is 4.79 Å². The highest BCUT2D eigenvalue weighted by Gasteiger charge is 2.32. The van der Waals surface area contributed by atoms with Gasteiger partial charge in [0.05, 0.1) is 12.0 Å². The Balaban J connectivity index is 1.71. The van der Waals surface area contributed by atoms with Gasteiger partial charge in [-0.05, 0) is 29.5 Å². The Kier molecular flexibility index (Phi) is 6.21. The van der Waals surface area contributed by atoms with E-state index in [1.165, 1.54) is 16.7 Å². The van der Waals surface area contributed by atoms with Crippen molar-refractivity contribution in [3.8, 4) is 0 Å². The van der Waals surface area contributed by atoms with Crippen LogP contribution in [-0.4, -0.2) is 46.8 Å². The van der Waals surface area contributed by atoms with Gasteiger partial charge in [0.15, 0.2) is 0 Å². The van der Waals surface area contributed by atoms with Gasteiger partial charge in [-0.3, -0.25) is 4.79 Å². The Morgan fingerprint density at radius 3 is 2.15 bits per heavy atom. The Hall–Kier alpha value is -2.43. The number of hydrogen-bond acceptors (Lipinski definition) is 3. The molecule has 0 aromatic heterocycles. The molecule has 3 rings (SSSR count). The van der Waals surface area contributed by atoms with Gasteiger partial charge < -0.3 is 15.1 Å². The lowest BCUT2D eigenvalue weighted by atomic mass is 9.94. The van der Waals surface area contributed by atoms with Crippen LogP contribution in [0.5, 0.6) is 0 Å². The predicted octanol–water partition coefficient (Wildman–Crippen LogP) is 3.28. The van der Waals surface area contributed by atoms with E-state index < -0.39 is 18.0 Å². The quantitative estimate of drug-likeness (QED) is 0.838. The molecule has 26 heavy (non-hydrogen) atoms. The van der Waals surface area contributed by atoms with E-state index >= 15 is 0 Å². The normalized spacial score (nSPS) is 20.5. The molecule has 0 unspecified atom stereocenters. The average Bonchev–Trinajstić information content (AvgIpc) is 2.67. The molecule has 2 aromatic carbocycles. The second-order valence-corrected chi connectivity index (χ2v) is 6.74. The van der Waals surface area contributed by atoms with Crippen molar-refractivity contribution in [3.63, 3.8) is 0 Å². The standard InChI is InChI=1S/C22H25NO3/c24-21-13-15-23(16-20(21)22(25)26)14-7-12-19(17-8-3-1-4-9-17)18-10-5-2-6-11-18/h1-6,8-12,20-21,24H,7,13-16H2,(H,25,26)/t20-,21-/m0/s1. The minimum absolute atomic E-state index is 0.413. The van der Waals surface area contributed by atoms with Crippen LogP contribution in [0.3, 0.4) is 0 Å². The second-order valence-electron chi connectivity index (χ2n) is 6.74. The van der Waals surface area contributed by atoms with Crippen LogP contribution < -0.4 is 0 Å². The van der Waals surface area contributed by atoms with Crippen molar-refractivity contribution < 1.29 is 15.0 Å². The van der Waals surface area contributed by atoms with Crippen molar-refractivity contribution >= 4 is 11.5 Å². The number of rotatable bonds is 6. The average molecular weight is 351 g/mol. The Labute approximate surface area is 154 Å². The molecule has 0 radical (unpaired) electrons. The second kappa shape index (κ2) is 8.79. The first kappa shape index (κ1) is 18.4. The zero-order valence-electron chi connectivity index (χ0n) is 14.8. The molecule has 4 nitrogen and oxygen atoms in total. The molecule has 2 atom stereocenters. The number of piperidine rings is 1. The van der Waals surface area contributed by atoms with Gasteiger partial charge in [0, 0.05) is 19.6 Å². The fraction of sp³-hybridized carbons (Fsp3) is 0.318. The number of hydrogen-bond donors (Lipinski definition) is 2. The lowest BCUT2D eigenvalue weighted by Crippen LogP contribution is -2.46. The lowest BCUT2D eigenvalue weighted by molar-refractivity contribution is -0.148. The summed E-state index contributed by atoms with van der Waals surface area (Å²) in [4.78, 5) is 13.4. The molecule has 4 heteroatoms. The van der Waals surface area contributed by atoms with E-state index in [1.807, 2.05) is 36.4 Å². The van der Waals surface area contributed by atoms with E-state index in [-0.39, 0.29) is 0 Å². The third kappa shape index (κ3) is 4.59. The van der Waals surface area contributed by atoms with Crippen molar-refractivity contribution in [1.82, 2.24) is 4.90 Å². The van der Waals surface area contributed by atoms with Crippen LogP contribution in [0.15, 0.2) is 66.7 Å². The predicted molar refractivity (Wildman–Crippen MR) is 103 cm³/mol. The molecule has 1 aliphatic rings. The SMILES string of the molecule is O=C(O)[C@H]1CN(CCC=C(c2ccccc2)c2ccccc2)CC[C@@H]1O. The summed E-state index contributed by atoms with van der Waals surface area (Å²) < 4.78 is 0. The molecule has 1 saturated heterocycles. The van der Waals surface area contributed by atoms with E-state index in [0.29, 0.717) is 13.0 Å². The van der Waals surface area contributed by atoms with Crippen LogP contribution >= 0.6 is 0 Å². The third-order valence-corrected chi connectivity index (χ3v) is 4.94. The number of aliphatic hydroxyl groups excluding tert-OH is 1. The van der Waals surface area contributed by atoms with E-state index in [0.717, 1.165) is 19.5 Å². The zero-order valence-corrected chi connectivity index (χ0v) is 14.8.